The van der Waals surface area contributed by atoms with Gasteiger partial charge in [-0.05, 0) is 19.2 Å². The van der Waals surface area contributed by atoms with E-state index in [2.05, 4.69) is 10.3 Å². The number of likely N-dealkylation sites (N-methyl/N-ethyl adjacent to an activating group) is 1. The highest BCUT2D eigenvalue weighted by Gasteiger charge is 2.05. The van der Waals surface area contributed by atoms with Crippen molar-refractivity contribution in [2.75, 3.05) is 26.5 Å². The lowest BCUT2D eigenvalue weighted by molar-refractivity contribution is 0.177. The summed E-state index contributed by atoms with van der Waals surface area (Å²) in [6.07, 6.45) is 1.81. The summed E-state index contributed by atoms with van der Waals surface area (Å²) >= 11 is 1.74. The molecular weight excluding hydrogens is 196 g/mol. The quantitative estimate of drug-likeness (QED) is 0.723. The zero-order valence-electron chi connectivity index (χ0n) is 8.56. The van der Waals surface area contributed by atoms with Gasteiger partial charge in [-0.25, -0.2) is 4.98 Å². The minimum Gasteiger partial charge on any atom is -0.383 e. The second-order valence-corrected chi connectivity index (χ2v) is 3.96. The van der Waals surface area contributed by atoms with Crippen molar-refractivity contribution in [3.05, 3.63) is 24.4 Å². The van der Waals surface area contributed by atoms with Crippen molar-refractivity contribution in [3.63, 3.8) is 0 Å². The first-order valence-electron chi connectivity index (χ1n) is 4.57. The summed E-state index contributed by atoms with van der Waals surface area (Å²) in [5, 5.41) is 4.26. The molecule has 0 radical (unpaired) electrons. The second kappa shape index (κ2) is 6.81. The molecule has 4 heteroatoms. The van der Waals surface area contributed by atoms with Gasteiger partial charge in [0.2, 0.25) is 0 Å². The van der Waals surface area contributed by atoms with Gasteiger partial charge in [-0.1, -0.05) is 6.07 Å². The van der Waals surface area contributed by atoms with E-state index in [1.165, 1.54) is 0 Å². The fraction of sp³-hybridized carbons (Fsp3) is 0.500. The molecule has 0 aromatic carbocycles. The van der Waals surface area contributed by atoms with Gasteiger partial charge >= 0.3 is 0 Å². The van der Waals surface area contributed by atoms with E-state index in [1.807, 2.05) is 31.4 Å². The topological polar surface area (TPSA) is 34.1 Å². The molecule has 1 heterocycles. The molecule has 78 valence electrons. The van der Waals surface area contributed by atoms with Gasteiger partial charge in [-0.3, -0.25) is 0 Å². The maximum Gasteiger partial charge on any atom is 0.0960 e. The van der Waals surface area contributed by atoms with E-state index in [0.717, 1.165) is 17.4 Å². The van der Waals surface area contributed by atoms with Crippen LogP contribution in [0.15, 0.2) is 29.4 Å². The van der Waals surface area contributed by atoms with Crippen LogP contribution in [-0.4, -0.2) is 37.5 Å². The molecule has 0 aliphatic heterocycles. The summed E-state index contributed by atoms with van der Waals surface area (Å²) in [4.78, 5) is 4.24. The molecule has 1 atom stereocenters. The Morgan fingerprint density at radius 1 is 1.57 bits per heavy atom. The molecule has 1 rings (SSSR count). The Bertz CT molecular complexity index is 243. The monoisotopic (exact) mass is 212 g/mol. The van der Waals surface area contributed by atoms with Crippen LogP contribution in [0, 0.1) is 0 Å². The minimum absolute atomic E-state index is 0.381. The van der Waals surface area contributed by atoms with Gasteiger partial charge in [0.25, 0.3) is 0 Å². The smallest absolute Gasteiger partial charge is 0.0960 e. The van der Waals surface area contributed by atoms with Gasteiger partial charge in [0.15, 0.2) is 0 Å². The molecule has 1 unspecified atom stereocenters. The van der Waals surface area contributed by atoms with Crippen LogP contribution in [0.2, 0.25) is 0 Å². The van der Waals surface area contributed by atoms with E-state index < -0.39 is 0 Å². The van der Waals surface area contributed by atoms with Crippen LogP contribution in [0.3, 0.4) is 0 Å². The highest BCUT2D eigenvalue weighted by molar-refractivity contribution is 7.99. The number of hydrogen-bond acceptors (Lipinski definition) is 4. The van der Waals surface area contributed by atoms with E-state index in [-0.39, 0.29) is 0 Å². The molecule has 0 saturated carbocycles. The maximum absolute atomic E-state index is 5.09. The largest absolute Gasteiger partial charge is 0.383 e. The number of aromatic nitrogens is 1. The van der Waals surface area contributed by atoms with Gasteiger partial charge in [-0.2, -0.15) is 0 Å². The number of pyridine rings is 1. The summed E-state index contributed by atoms with van der Waals surface area (Å²) in [7, 11) is 3.67. The number of rotatable bonds is 6. The SMILES string of the molecule is CNC(COC)CSc1ccccn1. The van der Waals surface area contributed by atoms with Crippen LogP contribution in [0.25, 0.3) is 0 Å². The highest BCUT2D eigenvalue weighted by atomic mass is 32.2. The van der Waals surface area contributed by atoms with Crippen molar-refractivity contribution in [2.45, 2.75) is 11.1 Å². The Morgan fingerprint density at radius 2 is 2.43 bits per heavy atom. The standard InChI is InChI=1S/C10H16N2OS/c1-11-9(7-13-2)8-14-10-5-3-4-6-12-10/h3-6,9,11H,7-8H2,1-2H3. The van der Waals surface area contributed by atoms with E-state index >= 15 is 0 Å². The summed E-state index contributed by atoms with van der Waals surface area (Å²) in [5.41, 5.74) is 0. The first-order chi connectivity index (χ1) is 6.86. The molecule has 1 aromatic rings. The van der Waals surface area contributed by atoms with E-state index in [9.17, 15) is 0 Å². The summed E-state index contributed by atoms with van der Waals surface area (Å²) in [6.45, 7) is 0.732. The van der Waals surface area contributed by atoms with Gasteiger partial charge in [0, 0.05) is 25.1 Å². The van der Waals surface area contributed by atoms with E-state index in [0.29, 0.717) is 6.04 Å². The van der Waals surface area contributed by atoms with Crippen molar-refractivity contribution < 1.29 is 4.74 Å². The lowest BCUT2D eigenvalue weighted by Crippen LogP contribution is -2.32. The second-order valence-electron chi connectivity index (χ2n) is 2.92. The highest BCUT2D eigenvalue weighted by Crippen LogP contribution is 2.14. The third kappa shape index (κ3) is 4.09. The van der Waals surface area contributed by atoms with E-state index in [4.69, 9.17) is 4.74 Å². The maximum atomic E-state index is 5.09. The average Bonchev–Trinajstić information content (AvgIpc) is 2.25. The number of thioether (sulfide) groups is 1. The Kier molecular flexibility index (Phi) is 5.59. The van der Waals surface area contributed by atoms with Crippen molar-refractivity contribution >= 4 is 11.8 Å². The number of nitrogens with zero attached hydrogens (tertiary/aromatic N) is 1. The Balaban J connectivity index is 2.32. The molecule has 0 amide bonds. The lowest BCUT2D eigenvalue weighted by Gasteiger charge is -2.13. The zero-order valence-corrected chi connectivity index (χ0v) is 9.38. The van der Waals surface area contributed by atoms with Crippen LogP contribution >= 0.6 is 11.8 Å². The minimum atomic E-state index is 0.381. The molecule has 0 spiro atoms. The third-order valence-corrected chi connectivity index (χ3v) is 2.95. The third-order valence-electron chi connectivity index (χ3n) is 1.85. The molecule has 14 heavy (non-hydrogen) atoms. The molecular formula is C10H16N2OS. The molecule has 1 N–H and O–H groups in total. The van der Waals surface area contributed by atoms with Crippen LogP contribution in [0.4, 0.5) is 0 Å². The summed E-state index contributed by atoms with van der Waals surface area (Å²) in [6, 6.07) is 6.32. The normalized spacial score (nSPS) is 12.7. The molecule has 0 aliphatic rings. The lowest BCUT2D eigenvalue weighted by atomic mass is 10.4. The molecule has 0 aliphatic carbocycles. The van der Waals surface area contributed by atoms with Crippen LogP contribution in [0.5, 0.6) is 0 Å². The summed E-state index contributed by atoms with van der Waals surface area (Å²) < 4.78 is 5.09. The molecule has 0 fully saturated rings. The number of ether oxygens (including phenoxy) is 1. The number of methoxy groups -OCH3 is 1. The van der Waals surface area contributed by atoms with Crippen molar-refractivity contribution in [1.82, 2.24) is 10.3 Å². The van der Waals surface area contributed by atoms with Gasteiger partial charge < -0.3 is 10.1 Å². The van der Waals surface area contributed by atoms with Crippen molar-refractivity contribution in [2.24, 2.45) is 0 Å². The Hall–Kier alpha value is -0.580. The molecule has 1 aromatic heterocycles. The molecule has 3 nitrogen and oxygen atoms in total. The number of hydrogen-bond donors (Lipinski definition) is 1. The zero-order chi connectivity index (χ0) is 10.2. The van der Waals surface area contributed by atoms with E-state index in [1.54, 1.807) is 18.9 Å². The predicted molar refractivity (Wildman–Crippen MR) is 59.7 cm³/mol. The molecule has 0 saturated heterocycles. The van der Waals surface area contributed by atoms with Gasteiger partial charge in [0.1, 0.15) is 0 Å². The van der Waals surface area contributed by atoms with Crippen LogP contribution in [0.1, 0.15) is 0 Å². The predicted octanol–water partition coefficient (Wildman–Crippen LogP) is 1.41. The van der Waals surface area contributed by atoms with Crippen molar-refractivity contribution in [3.8, 4) is 0 Å². The van der Waals surface area contributed by atoms with Crippen LogP contribution < -0.4 is 5.32 Å². The van der Waals surface area contributed by atoms with Gasteiger partial charge in [0.05, 0.1) is 11.6 Å². The number of nitrogens with one attached hydrogen (secondary N) is 1. The molecule has 0 bridgehead atoms. The van der Waals surface area contributed by atoms with Crippen LogP contribution in [-0.2, 0) is 4.74 Å². The summed E-state index contributed by atoms with van der Waals surface area (Å²) in [5.74, 6) is 0.974. The van der Waals surface area contributed by atoms with Crippen molar-refractivity contribution in [1.29, 1.82) is 0 Å². The Labute approximate surface area is 89.3 Å². The Morgan fingerprint density at radius 3 is 3.00 bits per heavy atom. The van der Waals surface area contributed by atoms with Gasteiger partial charge in [-0.15, -0.1) is 11.8 Å². The fourth-order valence-electron chi connectivity index (χ4n) is 1.03. The fourth-order valence-corrected chi connectivity index (χ4v) is 1.98. The average molecular weight is 212 g/mol. The first-order valence-corrected chi connectivity index (χ1v) is 5.55. The first kappa shape index (κ1) is 11.5.